The van der Waals surface area contributed by atoms with Crippen LogP contribution >= 0.6 is 23.2 Å². The van der Waals surface area contributed by atoms with E-state index in [0.29, 0.717) is 10.0 Å². The van der Waals surface area contributed by atoms with Crippen LogP contribution in [0.2, 0.25) is 10.0 Å². The van der Waals surface area contributed by atoms with Crippen LogP contribution in [0.3, 0.4) is 0 Å². The van der Waals surface area contributed by atoms with E-state index in [0.717, 1.165) is 34.5 Å². The minimum atomic E-state index is 0.556. The Morgan fingerprint density at radius 1 is 1.08 bits per heavy atom. The lowest BCUT2D eigenvalue weighted by Gasteiger charge is -2.15. The highest BCUT2D eigenvalue weighted by Gasteiger charge is 2.11. The molecule has 0 bridgehead atoms. The molecule has 122 valence electrons. The summed E-state index contributed by atoms with van der Waals surface area (Å²) in [6.07, 6.45) is 2.46. The molecule has 0 aliphatic rings. The normalized spacial score (nSPS) is 11.3. The van der Waals surface area contributed by atoms with Gasteiger partial charge < -0.3 is 0 Å². The molecule has 0 unspecified atom stereocenters. The lowest BCUT2D eigenvalue weighted by Crippen LogP contribution is -2.14. The van der Waals surface area contributed by atoms with E-state index in [9.17, 15) is 0 Å². The maximum atomic E-state index is 6.17. The van der Waals surface area contributed by atoms with Crippen LogP contribution in [0.25, 0.3) is 11.0 Å². The van der Waals surface area contributed by atoms with E-state index in [1.54, 1.807) is 23.4 Å². The molecular formula is C18H16Cl2N4. The third-order valence-corrected chi connectivity index (χ3v) is 4.16. The first-order valence-electron chi connectivity index (χ1n) is 7.57. The smallest absolute Gasteiger partial charge is 0.171 e. The van der Waals surface area contributed by atoms with Crippen LogP contribution in [0.5, 0.6) is 0 Å². The van der Waals surface area contributed by atoms with Crippen molar-refractivity contribution in [3.63, 3.8) is 0 Å². The monoisotopic (exact) mass is 358 g/mol. The molecule has 0 aliphatic carbocycles. The fraction of sp³-hybridized carbons (Fsp3) is 0.167. The van der Waals surface area contributed by atoms with Crippen molar-refractivity contribution in [3.05, 3.63) is 63.8 Å². The molecule has 2 aromatic carbocycles. The van der Waals surface area contributed by atoms with Gasteiger partial charge in [-0.05, 0) is 30.7 Å². The standard InChI is InChI=1S/C18H16Cl2N4/c1-3-15-18(23-17-7-5-4-6-16(17)22-15)24(2)21-11-12-8-9-13(19)10-14(12)20/h4-11H,3H2,1-2H3/b21-11+. The Bertz CT molecular complexity index is 909. The van der Waals surface area contributed by atoms with Crippen molar-refractivity contribution in [1.29, 1.82) is 0 Å². The van der Waals surface area contributed by atoms with Gasteiger partial charge in [0.05, 0.1) is 28.0 Å². The van der Waals surface area contributed by atoms with E-state index in [2.05, 4.69) is 17.0 Å². The molecular weight excluding hydrogens is 343 g/mol. The van der Waals surface area contributed by atoms with E-state index in [1.807, 2.05) is 37.4 Å². The first-order chi connectivity index (χ1) is 11.6. The van der Waals surface area contributed by atoms with Crippen molar-refractivity contribution in [2.24, 2.45) is 5.10 Å². The highest BCUT2D eigenvalue weighted by molar-refractivity contribution is 6.36. The van der Waals surface area contributed by atoms with E-state index < -0.39 is 0 Å². The second-order valence-corrected chi connectivity index (χ2v) is 6.11. The molecule has 0 saturated heterocycles. The lowest BCUT2D eigenvalue weighted by atomic mass is 10.2. The first kappa shape index (κ1) is 16.7. The van der Waals surface area contributed by atoms with Crippen molar-refractivity contribution < 1.29 is 0 Å². The molecule has 0 atom stereocenters. The quantitative estimate of drug-likeness (QED) is 0.488. The molecule has 0 radical (unpaired) electrons. The van der Waals surface area contributed by atoms with E-state index in [-0.39, 0.29) is 0 Å². The molecule has 0 fully saturated rings. The molecule has 0 amide bonds. The SMILES string of the molecule is CCc1nc2ccccc2nc1N(C)/N=C/c1ccc(Cl)cc1Cl. The summed E-state index contributed by atoms with van der Waals surface area (Å²) in [5.41, 5.74) is 3.42. The molecule has 6 heteroatoms. The number of nitrogens with zero attached hydrogens (tertiary/aromatic N) is 4. The fourth-order valence-corrected chi connectivity index (χ4v) is 2.79. The summed E-state index contributed by atoms with van der Waals surface area (Å²) in [4.78, 5) is 9.37. The molecule has 0 spiro atoms. The van der Waals surface area contributed by atoms with Crippen LogP contribution in [-0.2, 0) is 6.42 Å². The van der Waals surface area contributed by atoms with Gasteiger partial charge in [0.25, 0.3) is 0 Å². The summed E-state index contributed by atoms with van der Waals surface area (Å²) in [6, 6.07) is 13.1. The Labute approximate surface area is 150 Å². The maximum Gasteiger partial charge on any atom is 0.171 e. The Kier molecular flexibility index (Phi) is 4.97. The van der Waals surface area contributed by atoms with Crippen molar-refractivity contribution in [3.8, 4) is 0 Å². The van der Waals surface area contributed by atoms with Gasteiger partial charge in [-0.25, -0.2) is 15.0 Å². The number of benzene rings is 2. The second-order valence-electron chi connectivity index (χ2n) is 5.27. The van der Waals surface area contributed by atoms with Crippen LogP contribution in [0.4, 0.5) is 5.82 Å². The van der Waals surface area contributed by atoms with Gasteiger partial charge in [0.2, 0.25) is 0 Å². The van der Waals surface area contributed by atoms with Gasteiger partial charge in [0.1, 0.15) is 0 Å². The van der Waals surface area contributed by atoms with Gasteiger partial charge in [0, 0.05) is 17.6 Å². The maximum absolute atomic E-state index is 6.17. The lowest BCUT2D eigenvalue weighted by molar-refractivity contribution is 0.929. The zero-order valence-corrected chi connectivity index (χ0v) is 14.9. The Balaban J connectivity index is 1.95. The molecule has 0 N–H and O–H groups in total. The molecule has 0 saturated carbocycles. The molecule has 24 heavy (non-hydrogen) atoms. The molecule has 3 aromatic rings. The van der Waals surface area contributed by atoms with Crippen molar-refractivity contribution >= 4 is 46.3 Å². The van der Waals surface area contributed by atoms with Crippen LogP contribution < -0.4 is 5.01 Å². The fourth-order valence-electron chi connectivity index (χ4n) is 2.33. The number of anilines is 1. The summed E-state index contributed by atoms with van der Waals surface area (Å²) < 4.78 is 0. The minimum Gasteiger partial charge on any atom is -0.249 e. The summed E-state index contributed by atoms with van der Waals surface area (Å²) in [7, 11) is 1.85. The van der Waals surface area contributed by atoms with Crippen LogP contribution in [0, 0.1) is 0 Å². The summed E-state index contributed by atoms with van der Waals surface area (Å²) in [5, 5.41) is 7.31. The van der Waals surface area contributed by atoms with Gasteiger partial charge in [-0.15, -0.1) is 0 Å². The number of fused-ring (bicyclic) bond motifs is 1. The van der Waals surface area contributed by atoms with Gasteiger partial charge in [-0.3, -0.25) is 0 Å². The third-order valence-electron chi connectivity index (χ3n) is 3.60. The van der Waals surface area contributed by atoms with Gasteiger partial charge in [0.15, 0.2) is 5.82 Å². The van der Waals surface area contributed by atoms with Crippen LogP contribution in [0.15, 0.2) is 47.6 Å². The minimum absolute atomic E-state index is 0.556. The highest BCUT2D eigenvalue weighted by Crippen LogP contribution is 2.22. The third kappa shape index (κ3) is 3.50. The average Bonchev–Trinajstić information content (AvgIpc) is 2.59. The second kappa shape index (κ2) is 7.16. The molecule has 3 rings (SSSR count). The average molecular weight is 359 g/mol. The van der Waals surface area contributed by atoms with Crippen molar-refractivity contribution in [2.75, 3.05) is 12.1 Å². The largest absolute Gasteiger partial charge is 0.249 e. The zero-order chi connectivity index (χ0) is 17.1. The number of para-hydroxylation sites is 2. The predicted molar refractivity (Wildman–Crippen MR) is 101 cm³/mol. The summed E-state index contributed by atoms with van der Waals surface area (Å²) in [5.74, 6) is 0.734. The Hall–Kier alpha value is -2.17. The van der Waals surface area contributed by atoms with Gasteiger partial charge >= 0.3 is 0 Å². The number of rotatable bonds is 4. The van der Waals surface area contributed by atoms with Gasteiger partial charge in [-0.2, -0.15) is 5.10 Å². The van der Waals surface area contributed by atoms with Crippen molar-refractivity contribution in [1.82, 2.24) is 9.97 Å². The van der Waals surface area contributed by atoms with E-state index in [1.165, 1.54) is 0 Å². The number of aryl methyl sites for hydroxylation is 1. The Morgan fingerprint density at radius 2 is 1.79 bits per heavy atom. The van der Waals surface area contributed by atoms with E-state index in [4.69, 9.17) is 28.2 Å². The van der Waals surface area contributed by atoms with Crippen molar-refractivity contribution in [2.45, 2.75) is 13.3 Å². The van der Waals surface area contributed by atoms with Gasteiger partial charge in [-0.1, -0.05) is 48.3 Å². The number of halogens is 2. The van der Waals surface area contributed by atoms with E-state index >= 15 is 0 Å². The molecule has 4 nitrogen and oxygen atoms in total. The number of hydrogen-bond acceptors (Lipinski definition) is 4. The number of hydrazone groups is 1. The predicted octanol–water partition coefficient (Wildman–Crippen LogP) is 4.97. The summed E-state index contributed by atoms with van der Waals surface area (Å²) in [6.45, 7) is 2.05. The Morgan fingerprint density at radius 3 is 2.46 bits per heavy atom. The topological polar surface area (TPSA) is 41.4 Å². The molecule has 1 aromatic heterocycles. The highest BCUT2D eigenvalue weighted by atomic mass is 35.5. The van der Waals surface area contributed by atoms with Crippen LogP contribution in [0.1, 0.15) is 18.2 Å². The van der Waals surface area contributed by atoms with Crippen LogP contribution in [-0.4, -0.2) is 23.2 Å². The first-order valence-corrected chi connectivity index (χ1v) is 8.32. The zero-order valence-electron chi connectivity index (χ0n) is 13.4. The summed E-state index contributed by atoms with van der Waals surface area (Å²) >= 11 is 12.1. The number of aromatic nitrogens is 2. The number of hydrogen-bond donors (Lipinski definition) is 0. The molecule has 0 aliphatic heterocycles. The molecule has 1 heterocycles.